The minimum Gasteiger partial charge on any atom is -0.493 e. The first-order valence-corrected chi connectivity index (χ1v) is 8.91. The lowest BCUT2D eigenvalue weighted by molar-refractivity contribution is -0.143. The molecule has 0 fully saturated rings. The van der Waals surface area contributed by atoms with Crippen LogP contribution in [0, 0.1) is 0 Å². The first-order valence-electron chi connectivity index (χ1n) is 8.53. The molecule has 0 aliphatic heterocycles. The van der Waals surface area contributed by atoms with E-state index < -0.39 is 11.9 Å². The molecule has 2 aromatic rings. The van der Waals surface area contributed by atoms with Crippen molar-refractivity contribution in [3.05, 3.63) is 58.6 Å². The molecular weight excluding hydrogens is 370 g/mol. The molecule has 1 N–H and O–H groups in total. The Kier molecular flexibility index (Phi) is 7.95. The molecule has 0 aromatic heterocycles. The number of rotatable bonds is 9. The summed E-state index contributed by atoms with van der Waals surface area (Å²) in [5.74, 6) is -0.255. The van der Waals surface area contributed by atoms with Crippen LogP contribution in [0.3, 0.4) is 0 Å². The van der Waals surface area contributed by atoms with Gasteiger partial charge in [0.15, 0.2) is 11.5 Å². The number of hydrogen-bond acceptors (Lipinski definition) is 5. The van der Waals surface area contributed by atoms with Crippen molar-refractivity contribution in [1.82, 2.24) is 5.32 Å². The van der Waals surface area contributed by atoms with Crippen LogP contribution in [0.15, 0.2) is 42.5 Å². The Morgan fingerprint density at radius 1 is 1.15 bits per heavy atom. The van der Waals surface area contributed by atoms with Crippen LogP contribution in [0.2, 0.25) is 5.02 Å². The number of ether oxygens (including phenoxy) is 3. The number of halogens is 1. The third-order valence-electron chi connectivity index (χ3n) is 3.58. The maximum absolute atomic E-state index is 12.3. The Balaban J connectivity index is 1.93. The van der Waals surface area contributed by atoms with E-state index in [0.717, 1.165) is 12.0 Å². The highest BCUT2D eigenvalue weighted by Crippen LogP contribution is 2.36. The summed E-state index contributed by atoms with van der Waals surface area (Å²) < 4.78 is 15.9. The fraction of sp³-hybridized carbons (Fsp3) is 0.300. The van der Waals surface area contributed by atoms with Crippen LogP contribution in [-0.4, -0.2) is 32.1 Å². The van der Waals surface area contributed by atoms with Crippen molar-refractivity contribution in [3.63, 3.8) is 0 Å². The molecule has 0 saturated carbocycles. The molecule has 0 aliphatic rings. The number of hydrogen-bond donors (Lipinski definition) is 1. The minimum atomic E-state index is -0.534. The molecule has 0 heterocycles. The molecular formula is C20H22ClNO5. The third-order valence-corrected chi connectivity index (χ3v) is 3.86. The number of methoxy groups -OCH3 is 1. The highest BCUT2D eigenvalue weighted by atomic mass is 35.5. The third kappa shape index (κ3) is 6.18. The molecule has 2 rings (SSSR count). The van der Waals surface area contributed by atoms with Crippen molar-refractivity contribution < 1.29 is 23.8 Å². The number of amides is 1. The largest absolute Gasteiger partial charge is 0.493 e. The Bertz CT molecular complexity index is 779. The van der Waals surface area contributed by atoms with Crippen LogP contribution in [0.5, 0.6) is 11.5 Å². The van der Waals surface area contributed by atoms with Gasteiger partial charge in [0.2, 0.25) is 0 Å². The first kappa shape index (κ1) is 20.6. The van der Waals surface area contributed by atoms with Gasteiger partial charge >= 0.3 is 5.97 Å². The SMILES string of the molecule is CCCOc1c(Cl)cc(C(=O)NCC(=O)OCc2ccccc2)cc1OC. The van der Waals surface area contributed by atoms with Crippen molar-refractivity contribution in [3.8, 4) is 11.5 Å². The fourth-order valence-corrected chi connectivity index (χ4v) is 2.50. The quantitative estimate of drug-likeness (QED) is 0.661. The molecule has 144 valence electrons. The topological polar surface area (TPSA) is 73.9 Å². The van der Waals surface area contributed by atoms with Crippen molar-refractivity contribution in [2.24, 2.45) is 0 Å². The second kappa shape index (κ2) is 10.4. The minimum absolute atomic E-state index is 0.151. The van der Waals surface area contributed by atoms with Crippen LogP contribution >= 0.6 is 11.6 Å². The van der Waals surface area contributed by atoms with Gasteiger partial charge in [0.05, 0.1) is 18.7 Å². The zero-order chi connectivity index (χ0) is 19.6. The van der Waals surface area contributed by atoms with E-state index in [9.17, 15) is 9.59 Å². The Morgan fingerprint density at radius 3 is 2.56 bits per heavy atom. The summed E-state index contributed by atoms with van der Waals surface area (Å²) in [6.07, 6.45) is 0.812. The van der Waals surface area contributed by atoms with E-state index in [2.05, 4.69) is 5.32 Å². The highest BCUT2D eigenvalue weighted by molar-refractivity contribution is 6.32. The molecule has 6 nitrogen and oxygen atoms in total. The first-order chi connectivity index (χ1) is 13.0. The van der Waals surface area contributed by atoms with E-state index in [0.29, 0.717) is 18.1 Å². The van der Waals surface area contributed by atoms with Gasteiger partial charge in [-0.05, 0) is 24.1 Å². The number of nitrogens with one attached hydrogen (secondary N) is 1. The molecule has 0 atom stereocenters. The average Bonchev–Trinajstić information content (AvgIpc) is 2.69. The van der Waals surface area contributed by atoms with E-state index in [4.69, 9.17) is 25.8 Å². The summed E-state index contributed by atoms with van der Waals surface area (Å²) in [6.45, 7) is 2.35. The molecule has 1 amide bonds. The van der Waals surface area contributed by atoms with Crippen LogP contribution < -0.4 is 14.8 Å². The average molecular weight is 392 g/mol. The van der Waals surface area contributed by atoms with Gasteiger partial charge in [-0.1, -0.05) is 48.9 Å². The number of esters is 1. The van der Waals surface area contributed by atoms with Crippen LogP contribution in [0.1, 0.15) is 29.3 Å². The second-order valence-corrected chi connectivity index (χ2v) is 6.07. The van der Waals surface area contributed by atoms with Gasteiger partial charge < -0.3 is 19.5 Å². The predicted molar refractivity (Wildman–Crippen MR) is 102 cm³/mol. The van der Waals surface area contributed by atoms with E-state index in [1.54, 1.807) is 0 Å². The number of carbonyl (C=O) groups is 2. The van der Waals surface area contributed by atoms with Gasteiger partial charge in [0.25, 0.3) is 5.91 Å². The summed E-state index contributed by atoms with van der Waals surface area (Å²) in [5.41, 5.74) is 1.13. The zero-order valence-electron chi connectivity index (χ0n) is 15.3. The van der Waals surface area contributed by atoms with E-state index >= 15 is 0 Å². The van der Waals surface area contributed by atoms with E-state index in [-0.39, 0.29) is 23.7 Å². The maximum atomic E-state index is 12.3. The molecule has 7 heteroatoms. The second-order valence-electron chi connectivity index (χ2n) is 5.67. The summed E-state index contributed by atoms with van der Waals surface area (Å²) in [6, 6.07) is 12.3. The van der Waals surface area contributed by atoms with Crippen LogP contribution in [0.4, 0.5) is 0 Å². The van der Waals surface area contributed by atoms with Crippen molar-refractivity contribution in [1.29, 1.82) is 0 Å². The zero-order valence-corrected chi connectivity index (χ0v) is 16.0. The molecule has 27 heavy (non-hydrogen) atoms. The van der Waals surface area contributed by atoms with Gasteiger partial charge in [0, 0.05) is 5.56 Å². The lowest BCUT2D eigenvalue weighted by Crippen LogP contribution is -2.30. The van der Waals surface area contributed by atoms with Gasteiger partial charge in [0.1, 0.15) is 13.2 Å². The van der Waals surface area contributed by atoms with Gasteiger partial charge in [-0.2, -0.15) is 0 Å². The van der Waals surface area contributed by atoms with E-state index in [1.165, 1.54) is 19.2 Å². The van der Waals surface area contributed by atoms with Crippen molar-refractivity contribution in [2.75, 3.05) is 20.3 Å². The van der Waals surface area contributed by atoms with Crippen molar-refractivity contribution >= 4 is 23.5 Å². The van der Waals surface area contributed by atoms with Crippen molar-refractivity contribution in [2.45, 2.75) is 20.0 Å². The van der Waals surface area contributed by atoms with Crippen LogP contribution in [-0.2, 0) is 16.1 Å². The van der Waals surface area contributed by atoms with E-state index in [1.807, 2.05) is 37.3 Å². The smallest absolute Gasteiger partial charge is 0.325 e. The summed E-state index contributed by atoms with van der Waals surface area (Å²) in [4.78, 5) is 24.1. The number of carbonyl (C=O) groups excluding carboxylic acids is 2. The molecule has 2 aromatic carbocycles. The Labute approximate surface area is 163 Å². The Hall–Kier alpha value is -2.73. The molecule has 0 saturated heterocycles. The molecule has 0 aliphatic carbocycles. The summed E-state index contributed by atoms with van der Waals surface area (Å²) >= 11 is 6.20. The van der Waals surface area contributed by atoms with Gasteiger partial charge in [-0.15, -0.1) is 0 Å². The standard InChI is InChI=1S/C20H22ClNO5/c1-3-9-26-19-16(21)10-15(11-17(19)25-2)20(24)22-12-18(23)27-13-14-7-5-4-6-8-14/h4-8,10-11H,3,9,12-13H2,1-2H3,(H,22,24). The maximum Gasteiger partial charge on any atom is 0.325 e. The molecule has 0 spiro atoms. The summed E-state index contributed by atoms with van der Waals surface area (Å²) in [5, 5.41) is 2.77. The van der Waals surface area contributed by atoms with Crippen LogP contribution in [0.25, 0.3) is 0 Å². The molecule has 0 bridgehead atoms. The molecule has 0 unspecified atom stereocenters. The lowest BCUT2D eigenvalue weighted by Gasteiger charge is -2.13. The lowest BCUT2D eigenvalue weighted by atomic mass is 10.2. The normalized spacial score (nSPS) is 10.2. The van der Waals surface area contributed by atoms with Gasteiger partial charge in [-0.3, -0.25) is 9.59 Å². The Morgan fingerprint density at radius 2 is 1.89 bits per heavy atom. The monoisotopic (exact) mass is 391 g/mol. The molecule has 0 radical (unpaired) electrons. The number of benzene rings is 2. The highest BCUT2D eigenvalue weighted by Gasteiger charge is 2.16. The summed E-state index contributed by atoms with van der Waals surface area (Å²) in [7, 11) is 1.47. The predicted octanol–water partition coefficient (Wildman–Crippen LogP) is 3.61. The van der Waals surface area contributed by atoms with Gasteiger partial charge in [-0.25, -0.2) is 0 Å². The fourth-order valence-electron chi connectivity index (χ4n) is 2.24.